The van der Waals surface area contributed by atoms with E-state index in [1.165, 1.54) is 65.6 Å². The zero-order valence-corrected chi connectivity index (χ0v) is 24.8. The summed E-state index contributed by atoms with van der Waals surface area (Å²) in [7, 11) is -1.54. The summed E-state index contributed by atoms with van der Waals surface area (Å²) < 4.78 is 0. The SMILES string of the molecule is Cc1ccc2c(c1)P(c1ccccc1)c1cc(-c3cccnc3)cc3c1N2c1ccc(C)cc1P3c1ccccc1. The fraction of sp³-hybridized carbons (Fsp3) is 0.0541. The van der Waals surface area contributed by atoms with Crippen LogP contribution in [0.1, 0.15) is 11.1 Å². The van der Waals surface area contributed by atoms with Gasteiger partial charge in [0.25, 0.3) is 0 Å². The van der Waals surface area contributed by atoms with Gasteiger partial charge in [-0.2, -0.15) is 0 Å². The van der Waals surface area contributed by atoms with Crippen molar-refractivity contribution in [2.24, 2.45) is 0 Å². The van der Waals surface area contributed by atoms with Gasteiger partial charge in [0.2, 0.25) is 0 Å². The lowest BCUT2D eigenvalue weighted by Gasteiger charge is -2.45. The second kappa shape index (κ2) is 9.78. The Kier molecular flexibility index (Phi) is 5.89. The summed E-state index contributed by atoms with van der Waals surface area (Å²) in [5.41, 5.74) is 8.98. The molecule has 0 N–H and O–H groups in total. The van der Waals surface area contributed by atoms with E-state index in [2.05, 4.69) is 139 Å². The second-order valence-corrected chi connectivity index (χ2v) is 15.1. The number of aromatic nitrogens is 1. The lowest BCUT2D eigenvalue weighted by Crippen LogP contribution is -2.43. The van der Waals surface area contributed by atoms with Crippen LogP contribution in [0.2, 0.25) is 0 Å². The summed E-state index contributed by atoms with van der Waals surface area (Å²) >= 11 is 0. The van der Waals surface area contributed by atoms with Crippen LogP contribution < -0.4 is 36.7 Å². The van der Waals surface area contributed by atoms with E-state index in [1.807, 2.05) is 18.5 Å². The molecule has 1 aromatic heterocycles. The molecule has 2 unspecified atom stereocenters. The monoisotopic (exact) mass is 562 g/mol. The summed E-state index contributed by atoms with van der Waals surface area (Å²) in [6.45, 7) is 4.43. The molecule has 2 aliphatic rings. The van der Waals surface area contributed by atoms with Gasteiger partial charge in [0.05, 0.1) is 17.1 Å². The third-order valence-electron chi connectivity index (χ3n) is 8.02. The maximum absolute atomic E-state index is 4.51. The number of anilines is 3. The predicted molar refractivity (Wildman–Crippen MR) is 178 cm³/mol. The number of nitrogens with zero attached hydrogens (tertiary/aromatic N) is 2. The van der Waals surface area contributed by atoms with Gasteiger partial charge in [-0.3, -0.25) is 4.98 Å². The molecule has 0 saturated heterocycles. The van der Waals surface area contributed by atoms with Crippen molar-refractivity contribution in [3.8, 4) is 11.1 Å². The first-order valence-corrected chi connectivity index (χ1v) is 16.7. The van der Waals surface area contributed by atoms with Crippen molar-refractivity contribution in [1.29, 1.82) is 0 Å². The van der Waals surface area contributed by atoms with Gasteiger partial charge >= 0.3 is 0 Å². The zero-order chi connectivity index (χ0) is 27.5. The third kappa shape index (κ3) is 3.98. The molecule has 3 heterocycles. The van der Waals surface area contributed by atoms with Gasteiger partial charge in [-0.1, -0.05) is 90.0 Å². The molecule has 196 valence electrons. The van der Waals surface area contributed by atoms with E-state index >= 15 is 0 Å². The summed E-state index contributed by atoms with van der Waals surface area (Å²) in [4.78, 5) is 7.08. The third-order valence-corrected chi connectivity index (χ3v) is 13.0. The number of fused-ring (bicyclic) bond motifs is 4. The Morgan fingerprint density at radius 3 is 1.54 bits per heavy atom. The largest absolute Gasteiger partial charge is 0.308 e. The lowest BCUT2D eigenvalue weighted by molar-refractivity contribution is 1.29. The van der Waals surface area contributed by atoms with Crippen molar-refractivity contribution < 1.29 is 0 Å². The van der Waals surface area contributed by atoms with Gasteiger partial charge in [0.1, 0.15) is 0 Å². The topological polar surface area (TPSA) is 16.1 Å². The predicted octanol–water partition coefficient (Wildman–Crippen LogP) is 6.98. The van der Waals surface area contributed by atoms with Crippen LogP contribution in [-0.2, 0) is 0 Å². The summed E-state index contributed by atoms with van der Waals surface area (Å²) in [6, 6.07) is 45.5. The van der Waals surface area contributed by atoms with Crippen molar-refractivity contribution in [3.63, 3.8) is 0 Å². The molecule has 6 aromatic rings. The number of benzene rings is 5. The van der Waals surface area contributed by atoms with Gasteiger partial charge in [0.15, 0.2) is 0 Å². The summed E-state index contributed by atoms with van der Waals surface area (Å²) in [6.07, 6.45) is 3.86. The number of aryl methyl sites for hydroxylation is 2. The molecule has 2 nitrogen and oxygen atoms in total. The van der Waals surface area contributed by atoms with Crippen LogP contribution >= 0.6 is 15.8 Å². The van der Waals surface area contributed by atoms with E-state index in [0.717, 1.165) is 5.56 Å². The average molecular weight is 563 g/mol. The molecule has 2 aliphatic heterocycles. The minimum atomic E-state index is -0.771. The molecule has 8 rings (SSSR count). The van der Waals surface area contributed by atoms with E-state index in [1.54, 1.807) is 0 Å². The molecule has 0 saturated carbocycles. The lowest BCUT2D eigenvalue weighted by atomic mass is 10.1. The van der Waals surface area contributed by atoms with Gasteiger partial charge in [-0.25, -0.2) is 0 Å². The van der Waals surface area contributed by atoms with E-state index in [4.69, 9.17) is 0 Å². The van der Waals surface area contributed by atoms with Gasteiger partial charge < -0.3 is 4.90 Å². The van der Waals surface area contributed by atoms with Crippen LogP contribution in [0.5, 0.6) is 0 Å². The maximum Gasteiger partial charge on any atom is 0.0629 e. The Morgan fingerprint density at radius 2 is 1.05 bits per heavy atom. The molecule has 0 fully saturated rings. The highest BCUT2D eigenvalue weighted by molar-refractivity contribution is 7.82. The first-order chi connectivity index (χ1) is 20.2. The van der Waals surface area contributed by atoms with Crippen LogP contribution in [0.15, 0.2) is 134 Å². The first-order valence-electron chi connectivity index (χ1n) is 14.0. The molecule has 5 aromatic carbocycles. The molecule has 0 spiro atoms. The molecule has 0 amide bonds. The number of hydrogen-bond acceptors (Lipinski definition) is 2. The number of rotatable bonds is 3. The Morgan fingerprint density at radius 1 is 0.512 bits per heavy atom. The molecule has 41 heavy (non-hydrogen) atoms. The minimum Gasteiger partial charge on any atom is -0.308 e. The number of hydrogen-bond donors (Lipinski definition) is 0. The quantitative estimate of drug-likeness (QED) is 0.216. The molecular weight excluding hydrogens is 534 g/mol. The van der Waals surface area contributed by atoms with Crippen molar-refractivity contribution in [2.45, 2.75) is 13.8 Å². The standard InChI is InChI=1S/C37H28N2P2/c1-25-15-17-31-33(20-25)40(29-11-5-3-6-12-29)35-22-28(27-10-9-19-38-24-27)23-36-37(35)39(31)32-18-16-26(2)21-34(32)41(36)30-13-7-4-8-14-30/h3-24H,1-2H3. The Bertz CT molecular complexity index is 1800. The highest BCUT2D eigenvalue weighted by Crippen LogP contribution is 2.55. The van der Waals surface area contributed by atoms with Gasteiger partial charge in [0, 0.05) is 39.2 Å². The molecule has 4 heteroatoms. The Labute approximate surface area is 243 Å². The fourth-order valence-corrected chi connectivity index (χ4v) is 11.8. The molecular formula is C37H28N2P2. The zero-order valence-electron chi connectivity index (χ0n) is 23.0. The highest BCUT2D eigenvalue weighted by Gasteiger charge is 2.41. The fourth-order valence-electron chi connectivity index (χ4n) is 6.22. The van der Waals surface area contributed by atoms with Gasteiger partial charge in [-0.15, -0.1) is 0 Å². The van der Waals surface area contributed by atoms with E-state index in [9.17, 15) is 0 Å². The normalized spacial score (nSPS) is 16.5. The summed E-state index contributed by atoms with van der Waals surface area (Å²) in [5.74, 6) is 0. The Hall–Kier alpha value is -4.09. The smallest absolute Gasteiger partial charge is 0.0629 e. The van der Waals surface area contributed by atoms with Crippen LogP contribution in [0, 0.1) is 13.8 Å². The molecule has 0 radical (unpaired) electrons. The molecule has 0 bridgehead atoms. The molecule has 2 atom stereocenters. The maximum atomic E-state index is 4.51. The van der Waals surface area contributed by atoms with Crippen LogP contribution in [-0.4, -0.2) is 4.98 Å². The van der Waals surface area contributed by atoms with Crippen LogP contribution in [0.25, 0.3) is 11.1 Å². The van der Waals surface area contributed by atoms with Crippen LogP contribution in [0.4, 0.5) is 17.1 Å². The number of pyridine rings is 1. The van der Waals surface area contributed by atoms with E-state index in [-0.39, 0.29) is 0 Å². The van der Waals surface area contributed by atoms with E-state index in [0.29, 0.717) is 0 Å². The summed E-state index contributed by atoms with van der Waals surface area (Å²) in [5, 5.41) is 8.47. The second-order valence-electron chi connectivity index (χ2n) is 10.8. The average Bonchev–Trinajstić information content (AvgIpc) is 3.02. The van der Waals surface area contributed by atoms with Crippen molar-refractivity contribution in [2.75, 3.05) is 4.90 Å². The first kappa shape index (κ1) is 24.7. The van der Waals surface area contributed by atoms with E-state index < -0.39 is 15.8 Å². The van der Waals surface area contributed by atoms with Crippen molar-refractivity contribution in [1.82, 2.24) is 4.98 Å². The van der Waals surface area contributed by atoms with Crippen molar-refractivity contribution in [3.05, 3.63) is 145 Å². The Balaban J connectivity index is 1.53. The van der Waals surface area contributed by atoms with Crippen LogP contribution in [0.3, 0.4) is 0 Å². The van der Waals surface area contributed by atoms with Crippen molar-refractivity contribution >= 4 is 64.7 Å². The highest BCUT2D eigenvalue weighted by atomic mass is 31.1. The minimum absolute atomic E-state index is 0.771. The molecule has 0 aliphatic carbocycles. The van der Waals surface area contributed by atoms with Gasteiger partial charge in [-0.05, 0) is 88.3 Å².